The van der Waals surface area contributed by atoms with Crippen LogP contribution in [-0.2, 0) is 13.0 Å². The molecule has 0 saturated carbocycles. The normalized spacial score (nSPS) is 13.6. The molecule has 0 unspecified atom stereocenters. The van der Waals surface area contributed by atoms with Gasteiger partial charge in [-0.15, -0.1) is 0 Å². The van der Waals surface area contributed by atoms with E-state index < -0.39 is 0 Å². The second kappa shape index (κ2) is 5.92. The molecule has 0 bridgehead atoms. The highest BCUT2D eigenvalue weighted by Crippen LogP contribution is 2.26. The van der Waals surface area contributed by atoms with Crippen LogP contribution in [0.1, 0.15) is 27.5 Å². The molecular weight excluding hydrogens is 302 g/mol. The minimum atomic E-state index is -0.00416. The van der Waals surface area contributed by atoms with Gasteiger partial charge in [0.2, 0.25) is 5.89 Å². The fourth-order valence-electron chi connectivity index (χ4n) is 2.96. The Morgan fingerprint density at radius 2 is 2.00 bits per heavy atom. The quantitative estimate of drug-likeness (QED) is 0.727. The van der Waals surface area contributed by atoms with Crippen molar-refractivity contribution in [3.63, 3.8) is 0 Å². The van der Waals surface area contributed by atoms with Gasteiger partial charge < -0.3 is 9.32 Å². The molecule has 1 aliphatic heterocycles. The largest absolute Gasteiger partial charge is 0.441 e. The first-order valence-corrected chi connectivity index (χ1v) is 7.97. The Balaban J connectivity index is 1.59. The zero-order valence-electron chi connectivity index (χ0n) is 13.4. The SMILES string of the molecule is Cc1ncccc1C(=O)N1CCc2oc(-c3ccccc3)nc2C1. The monoisotopic (exact) mass is 319 g/mol. The Morgan fingerprint density at radius 3 is 2.79 bits per heavy atom. The van der Waals surface area contributed by atoms with Gasteiger partial charge in [0.05, 0.1) is 12.1 Å². The fraction of sp³-hybridized carbons (Fsp3) is 0.211. The molecule has 120 valence electrons. The summed E-state index contributed by atoms with van der Waals surface area (Å²) in [5.74, 6) is 1.49. The van der Waals surface area contributed by atoms with E-state index in [0.717, 1.165) is 22.7 Å². The number of aryl methyl sites for hydroxylation is 1. The maximum atomic E-state index is 12.7. The molecule has 5 heteroatoms. The van der Waals surface area contributed by atoms with E-state index in [2.05, 4.69) is 9.97 Å². The Morgan fingerprint density at radius 1 is 1.17 bits per heavy atom. The molecule has 0 radical (unpaired) electrons. The van der Waals surface area contributed by atoms with Gasteiger partial charge in [-0.05, 0) is 31.2 Å². The van der Waals surface area contributed by atoms with E-state index in [1.54, 1.807) is 12.3 Å². The van der Waals surface area contributed by atoms with Crippen LogP contribution in [0.25, 0.3) is 11.5 Å². The number of fused-ring (bicyclic) bond motifs is 1. The van der Waals surface area contributed by atoms with Crippen molar-refractivity contribution in [3.05, 3.63) is 71.4 Å². The fourth-order valence-corrected chi connectivity index (χ4v) is 2.96. The van der Waals surface area contributed by atoms with Crippen molar-refractivity contribution in [2.24, 2.45) is 0 Å². The van der Waals surface area contributed by atoms with Crippen LogP contribution in [0.2, 0.25) is 0 Å². The number of amides is 1. The lowest BCUT2D eigenvalue weighted by Crippen LogP contribution is -2.36. The average molecular weight is 319 g/mol. The molecule has 0 spiro atoms. The van der Waals surface area contributed by atoms with Crippen LogP contribution in [0, 0.1) is 6.92 Å². The summed E-state index contributed by atoms with van der Waals surface area (Å²) >= 11 is 0. The van der Waals surface area contributed by atoms with E-state index in [1.165, 1.54) is 0 Å². The van der Waals surface area contributed by atoms with Gasteiger partial charge in [-0.1, -0.05) is 18.2 Å². The molecule has 4 rings (SSSR count). The molecule has 0 N–H and O–H groups in total. The molecule has 0 fully saturated rings. The van der Waals surface area contributed by atoms with Gasteiger partial charge in [-0.25, -0.2) is 4.98 Å². The zero-order chi connectivity index (χ0) is 16.5. The molecule has 0 aliphatic carbocycles. The number of nitrogens with zero attached hydrogens (tertiary/aromatic N) is 3. The molecule has 3 aromatic rings. The van der Waals surface area contributed by atoms with Crippen molar-refractivity contribution < 1.29 is 9.21 Å². The Hall–Kier alpha value is -2.95. The molecule has 0 saturated heterocycles. The third-order valence-corrected chi connectivity index (χ3v) is 4.27. The highest BCUT2D eigenvalue weighted by atomic mass is 16.4. The molecule has 5 nitrogen and oxygen atoms in total. The van der Waals surface area contributed by atoms with Crippen molar-refractivity contribution >= 4 is 5.91 Å². The summed E-state index contributed by atoms with van der Waals surface area (Å²) in [5.41, 5.74) is 3.19. The summed E-state index contributed by atoms with van der Waals surface area (Å²) in [6.45, 7) is 2.95. The van der Waals surface area contributed by atoms with Crippen LogP contribution in [0.3, 0.4) is 0 Å². The lowest BCUT2D eigenvalue weighted by atomic mass is 10.1. The molecule has 1 aromatic carbocycles. The molecule has 24 heavy (non-hydrogen) atoms. The number of pyridine rings is 1. The second-order valence-corrected chi connectivity index (χ2v) is 5.87. The maximum absolute atomic E-state index is 12.7. The Bertz CT molecular complexity index is 887. The van der Waals surface area contributed by atoms with Gasteiger partial charge in [0.15, 0.2) is 0 Å². The predicted molar refractivity (Wildman–Crippen MR) is 89.4 cm³/mol. The minimum Gasteiger partial charge on any atom is -0.441 e. The summed E-state index contributed by atoms with van der Waals surface area (Å²) in [7, 11) is 0. The zero-order valence-corrected chi connectivity index (χ0v) is 13.4. The Labute approximate surface area is 140 Å². The van der Waals surface area contributed by atoms with Crippen LogP contribution < -0.4 is 0 Å². The van der Waals surface area contributed by atoms with E-state index in [0.29, 0.717) is 31.0 Å². The number of hydrogen-bond donors (Lipinski definition) is 0. The average Bonchev–Trinajstić information content (AvgIpc) is 3.05. The smallest absolute Gasteiger partial charge is 0.256 e. The van der Waals surface area contributed by atoms with Gasteiger partial charge in [-0.2, -0.15) is 0 Å². The van der Waals surface area contributed by atoms with Crippen molar-refractivity contribution in [3.8, 4) is 11.5 Å². The van der Waals surface area contributed by atoms with Crippen molar-refractivity contribution in [2.75, 3.05) is 6.54 Å². The first-order chi connectivity index (χ1) is 11.7. The van der Waals surface area contributed by atoms with Crippen molar-refractivity contribution in [1.29, 1.82) is 0 Å². The van der Waals surface area contributed by atoms with Crippen LogP contribution in [0.5, 0.6) is 0 Å². The highest BCUT2D eigenvalue weighted by Gasteiger charge is 2.27. The van der Waals surface area contributed by atoms with Crippen LogP contribution in [0.4, 0.5) is 0 Å². The lowest BCUT2D eigenvalue weighted by Gasteiger charge is -2.25. The number of benzene rings is 1. The first-order valence-electron chi connectivity index (χ1n) is 7.97. The van der Waals surface area contributed by atoms with Gasteiger partial charge in [-0.3, -0.25) is 9.78 Å². The first kappa shape index (κ1) is 14.6. The van der Waals surface area contributed by atoms with Crippen LogP contribution >= 0.6 is 0 Å². The maximum Gasteiger partial charge on any atom is 0.256 e. The highest BCUT2D eigenvalue weighted by molar-refractivity contribution is 5.95. The van der Waals surface area contributed by atoms with Crippen LogP contribution in [0.15, 0.2) is 53.1 Å². The van der Waals surface area contributed by atoms with Gasteiger partial charge >= 0.3 is 0 Å². The number of oxazole rings is 1. The van der Waals surface area contributed by atoms with Crippen molar-refractivity contribution in [1.82, 2.24) is 14.9 Å². The topological polar surface area (TPSA) is 59.2 Å². The van der Waals surface area contributed by atoms with E-state index in [9.17, 15) is 4.79 Å². The van der Waals surface area contributed by atoms with E-state index >= 15 is 0 Å². The van der Waals surface area contributed by atoms with Crippen LogP contribution in [-0.4, -0.2) is 27.3 Å². The van der Waals surface area contributed by atoms with E-state index in [4.69, 9.17) is 4.42 Å². The van der Waals surface area contributed by atoms with Gasteiger partial charge in [0.1, 0.15) is 11.5 Å². The number of carbonyl (C=O) groups is 1. The third kappa shape index (κ3) is 2.58. The number of hydrogen-bond acceptors (Lipinski definition) is 4. The summed E-state index contributed by atoms with van der Waals surface area (Å²) < 4.78 is 5.89. The van der Waals surface area contributed by atoms with E-state index in [-0.39, 0.29) is 5.91 Å². The standard InChI is InChI=1S/C19H17N3O2/c1-13-15(8-5-10-20-13)19(23)22-11-9-17-16(12-22)21-18(24-17)14-6-3-2-4-7-14/h2-8,10H,9,11-12H2,1H3. The van der Waals surface area contributed by atoms with E-state index in [1.807, 2.05) is 48.2 Å². The number of carbonyl (C=O) groups excluding carboxylic acids is 1. The molecule has 0 atom stereocenters. The Kier molecular flexibility index (Phi) is 3.61. The lowest BCUT2D eigenvalue weighted by molar-refractivity contribution is 0.0726. The minimum absolute atomic E-state index is 0.00416. The third-order valence-electron chi connectivity index (χ3n) is 4.27. The summed E-state index contributed by atoms with van der Waals surface area (Å²) in [6.07, 6.45) is 2.38. The second-order valence-electron chi connectivity index (χ2n) is 5.87. The predicted octanol–water partition coefficient (Wildman–Crippen LogP) is 3.24. The summed E-state index contributed by atoms with van der Waals surface area (Å²) in [6, 6.07) is 13.4. The van der Waals surface area contributed by atoms with Gasteiger partial charge in [0.25, 0.3) is 5.91 Å². The summed E-state index contributed by atoms with van der Waals surface area (Å²) in [5, 5.41) is 0. The molecular formula is C19H17N3O2. The molecule has 3 heterocycles. The summed E-state index contributed by atoms with van der Waals surface area (Å²) in [4.78, 5) is 23.3. The molecule has 1 amide bonds. The van der Waals surface area contributed by atoms with Crippen molar-refractivity contribution in [2.45, 2.75) is 19.9 Å². The molecule has 2 aromatic heterocycles. The number of rotatable bonds is 2. The number of aromatic nitrogens is 2. The molecule has 1 aliphatic rings. The van der Waals surface area contributed by atoms with Gasteiger partial charge in [0, 0.05) is 30.4 Å².